The minimum absolute atomic E-state index is 0.915. The van der Waals surface area contributed by atoms with Gasteiger partial charge in [-0.2, -0.15) is 0 Å². The molecule has 7 rings (SSSR count). The van der Waals surface area contributed by atoms with Crippen LogP contribution in [0.1, 0.15) is 0 Å². The third-order valence-corrected chi connectivity index (χ3v) is 7.06. The molecule has 38 heavy (non-hydrogen) atoms. The van der Waals surface area contributed by atoms with E-state index >= 15 is 0 Å². The Bertz CT molecular complexity index is 1900. The van der Waals surface area contributed by atoms with Crippen LogP contribution in [0.2, 0.25) is 0 Å². The number of nitrogens with one attached hydrogen (secondary N) is 1. The van der Waals surface area contributed by atoms with E-state index in [4.69, 9.17) is 4.42 Å². The molecular weight excluding hydrogens is 462 g/mol. The molecule has 0 aliphatic carbocycles. The predicted molar refractivity (Wildman–Crippen MR) is 160 cm³/mol. The molecular formula is C36H25NO. The second kappa shape index (κ2) is 9.42. The minimum Gasteiger partial charge on any atom is -0.456 e. The zero-order chi connectivity index (χ0) is 25.3. The Labute approximate surface area is 221 Å². The first-order chi connectivity index (χ1) is 18.8. The fourth-order valence-electron chi connectivity index (χ4n) is 5.18. The van der Waals surface area contributed by atoms with E-state index in [-0.39, 0.29) is 0 Å². The molecule has 0 unspecified atom stereocenters. The lowest BCUT2D eigenvalue weighted by Crippen LogP contribution is -1.94. The zero-order valence-corrected chi connectivity index (χ0v) is 20.8. The second-order valence-corrected chi connectivity index (χ2v) is 9.51. The Hall–Kier alpha value is -5.08. The normalized spacial score (nSPS) is 11.2. The Morgan fingerprint density at radius 3 is 1.97 bits per heavy atom. The summed E-state index contributed by atoms with van der Waals surface area (Å²) in [5.41, 5.74) is 11.1. The third kappa shape index (κ3) is 4.12. The number of anilines is 2. The van der Waals surface area contributed by atoms with E-state index in [2.05, 4.69) is 133 Å². The minimum atomic E-state index is 0.915. The van der Waals surface area contributed by atoms with Crippen LogP contribution in [0.5, 0.6) is 0 Å². The molecule has 2 heteroatoms. The summed E-state index contributed by atoms with van der Waals surface area (Å²) >= 11 is 0. The van der Waals surface area contributed by atoms with Gasteiger partial charge in [0.2, 0.25) is 0 Å². The molecule has 0 saturated carbocycles. The van der Waals surface area contributed by atoms with Crippen molar-refractivity contribution in [2.45, 2.75) is 0 Å². The molecule has 0 bridgehead atoms. The summed E-state index contributed by atoms with van der Waals surface area (Å²) in [5.74, 6) is 0. The van der Waals surface area contributed by atoms with E-state index < -0.39 is 0 Å². The van der Waals surface area contributed by atoms with Crippen molar-refractivity contribution >= 4 is 33.3 Å². The number of rotatable bonds is 5. The van der Waals surface area contributed by atoms with Gasteiger partial charge in [-0.15, -0.1) is 0 Å². The van der Waals surface area contributed by atoms with Gasteiger partial charge in [-0.1, -0.05) is 103 Å². The average molecular weight is 488 g/mol. The van der Waals surface area contributed by atoms with Crippen molar-refractivity contribution in [1.29, 1.82) is 0 Å². The number of furan rings is 1. The largest absolute Gasteiger partial charge is 0.456 e. The van der Waals surface area contributed by atoms with Gasteiger partial charge in [0.1, 0.15) is 11.2 Å². The molecule has 0 saturated heterocycles. The van der Waals surface area contributed by atoms with Gasteiger partial charge in [0.05, 0.1) is 0 Å². The first-order valence-corrected chi connectivity index (χ1v) is 12.9. The lowest BCUT2D eigenvalue weighted by atomic mass is 9.97. The maximum atomic E-state index is 6.04. The summed E-state index contributed by atoms with van der Waals surface area (Å²) in [5, 5.41) is 5.96. The van der Waals surface area contributed by atoms with E-state index in [0.29, 0.717) is 0 Å². The number of benzene rings is 6. The van der Waals surface area contributed by atoms with Gasteiger partial charge in [-0.05, 0) is 70.3 Å². The maximum Gasteiger partial charge on any atom is 0.135 e. The topological polar surface area (TPSA) is 25.2 Å². The van der Waals surface area contributed by atoms with Crippen LogP contribution in [0.3, 0.4) is 0 Å². The van der Waals surface area contributed by atoms with E-state index in [9.17, 15) is 0 Å². The van der Waals surface area contributed by atoms with E-state index in [1.165, 1.54) is 27.8 Å². The number of hydrogen-bond donors (Lipinski definition) is 1. The van der Waals surface area contributed by atoms with Gasteiger partial charge in [0.15, 0.2) is 0 Å². The Morgan fingerprint density at radius 2 is 1.05 bits per heavy atom. The molecule has 6 aromatic carbocycles. The first-order valence-electron chi connectivity index (χ1n) is 12.9. The quantitative estimate of drug-likeness (QED) is 0.261. The molecule has 2 nitrogen and oxygen atoms in total. The first kappa shape index (κ1) is 22.1. The summed E-state index contributed by atoms with van der Waals surface area (Å²) in [4.78, 5) is 0. The summed E-state index contributed by atoms with van der Waals surface area (Å²) in [7, 11) is 0. The molecule has 0 radical (unpaired) electrons. The van der Waals surface area contributed by atoms with E-state index in [1.54, 1.807) is 0 Å². The van der Waals surface area contributed by atoms with Crippen molar-refractivity contribution in [3.8, 4) is 33.4 Å². The van der Waals surface area contributed by atoms with Gasteiger partial charge < -0.3 is 9.73 Å². The van der Waals surface area contributed by atoms with Crippen LogP contribution < -0.4 is 5.32 Å². The van der Waals surface area contributed by atoms with Gasteiger partial charge >= 0.3 is 0 Å². The van der Waals surface area contributed by atoms with Crippen LogP contribution >= 0.6 is 0 Å². The Balaban J connectivity index is 1.25. The van der Waals surface area contributed by atoms with Crippen LogP contribution in [-0.2, 0) is 0 Å². The van der Waals surface area contributed by atoms with Crippen LogP contribution in [0.4, 0.5) is 11.4 Å². The summed E-state index contributed by atoms with van der Waals surface area (Å²) in [6.07, 6.45) is 0. The molecule has 0 aliphatic heterocycles. The van der Waals surface area contributed by atoms with Crippen LogP contribution in [0.25, 0.3) is 55.3 Å². The number of fused-ring (bicyclic) bond motifs is 3. The molecule has 0 fully saturated rings. The molecule has 0 amide bonds. The lowest BCUT2D eigenvalue weighted by molar-refractivity contribution is 0.669. The van der Waals surface area contributed by atoms with Crippen molar-refractivity contribution in [2.24, 2.45) is 0 Å². The van der Waals surface area contributed by atoms with Crippen molar-refractivity contribution in [2.75, 3.05) is 5.32 Å². The molecule has 1 heterocycles. The van der Waals surface area contributed by atoms with Gasteiger partial charge in [0.25, 0.3) is 0 Å². The Morgan fingerprint density at radius 1 is 0.395 bits per heavy atom. The van der Waals surface area contributed by atoms with Crippen LogP contribution in [0, 0.1) is 0 Å². The fourth-order valence-corrected chi connectivity index (χ4v) is 5.18. The fraction of sp³-hybridized carbons (Fsp3) is 0. The molecule has 0 spiro atoms. The highest BCUT2D eigenvalue weighted by atomic mass is 16.3. The molecule has 0 aliphatic rings. The van der Waals surface area contributed by atoms with Crippen LogP contribution in [0.15, 0.2) is 150 Å². The molecule has 1 N–H and O–H groups in total. The summed E-state index contributed by atoms with van der Waals surface area (Å²) in [6.45, 7) is 0. The maximum absolute atomic E-state index is 6.04. The van der Waals surface area contributed by atoms with Crippen molar-refractivity contribution < 1.29 is 4.42 Å². The van der Waals surface area contributed by atoms with Gasteiger partial charge in [-0.3, -0.25) is 0 Å². The van der Waals surface area contributed by atoms with Gasteiger partial charge in [-0.25, -0.2) is 0 Å². The standard InChI is InChI=1S/C36H25NO/c1-2-10-25(11-3-1)27-13-9-15-30(23-27)37-34-18-6-4-16-31(34)29-14-8-12-26(22-29)28-20-21-36-33(24-28)32-17-5-7-19-35(32)38-36/h1-24,37H. The van der Waals surface area contributed by atoms with Crippen molar-refractivity contribution in [3.05, 3.63) is 146 Å². The number of hydrogen-bond acceptors (Lipinski definition) is 2. The monoisotopic (exact) mass is 487 g/mol. The lowest BCUT2D eigenvalue weighted by Gasteiger charge is -2.14. The molecule has 0 atom stereocenters. The van der Waals surface area contributed by atoms with Crippen LogP contribution in [-0.4, -0.2) is 0 Å². The smallest absolute Gasteiger partial charge is 0.135 e. The highest BCUT2D eigenvalue weighted by molar-refractivity contribution is 6.06. The van der Waals surface area contributed by atoms with E-state index in [0.717, 1.165) is 38.9 Å². The SMILES string of the molecule is c1ccc(-c2cccc(Nc3ccccc3-c3cccc(-c4ccc5oc6ccccc6c5c4)c3)c2)cc1. The second-order valence-electron chi connectivity index (χ2n) is 9.51. The predicted octanol–water partition coefficient (Wildman–Crippen LogP) is 10.3. The molecule has 1 aromatic heterocycles. The average Bonchev–Trinajstić information content (AvgIpc) is 3.36. The van der Waals surface area contributed by atoms with Gasteiger partial charge in [0, 0.05) is 27.7 Å². The van der Waals surface area contributed by atoms with Crippen molar-refractivity contribution in [3.63, 3.8) is 0 Å². The Kier molecular flexibility index (Phi) is 5.49. The highest BCUT2D eigenvalue weighted by Gasteiger charge is 2.10. The number of para-hydroxylation sites is 2. The third-order valence-electron chi connectivity index (χ3n) is 7.06. The summed E-state index contributed by atoms with van der Waals surface area (Å²) in [6, 6.07) is 51.0. The highest BCUT2D eigenvalue weighted by Crippen LogP contribution is 2.36. The molecule has 7 aromatic rings. The van der Waals surface area contributed by atoms with E-state index in [1.807, 2.05) is 18.2 Å². The zero-order valence-electron chi connectivity index (χ0n) is 20.8. The van der Waals surface area contributed by atoms with Crippen molar-refractivity contribution in [1.82, 2.24) is 0 Å². The summed E-state index contributed by atoms with van der Waals surface area (Å²) < 4.78 is 6.04. The molecule has 180 valence electrons.